The largest absolute Gasteiger partial charge is 0.494 e. The SMILES string of the molecule is CC(C)CCOc1ccc(NC(=O)CNc2ccc(C(=O)NCc3ccco3)cc2)cc1. The van der Waals surface area contributed by atoms with Gasteiger partial charge >= 0.3 is 0 Å². The summed E-state index contributed by atoms with van der Waals surface area (Å²) in [7, 11) is 0. The Balaban J connectivity index is 1.40. The Bertz CT molecular complexity index is 981. The van der Waals surface area contributed by atoms with E-state index in [9.17, 15) is 9.59 Å². The van der Waals surface area contributed by atoms with E-state index in [4.69, 9.17) is 9.15 Å². The van der Waals surface area contributed by atoms with Gasteiger partial charge in [-0.25, -0.2) is 0 Å². The first-order valence-corrected chi connectivity index (χ1v) is 10.7. The molecule has 3 aromatic rings. The van der Waals surface area contributed by atoms with Crippen LogP contribution < -0.4 is 20.7 Å². The Labute approximate surface area is 188 Å². The highest BCUT2D eigenvalue weighted by Crippen LogP contribution is 2.17. The normalized spacial score (nSPS) is 10.6. The van der Waals surface area contributed by atoms with Gasteiger partial charge in [0.2, 0.25) is 5.91 Å². The number of anilines is 2. The monoisotopic (exact) mass is 435 g/mol. The quantitative estimate of drug-likeness (QED) is 0.407. The van der Waals surface area contributed by atoms with E-state index in [2.05, 4.69) is 29.8 Å². The summed E-state index contributed by atoms with van der Waals surface area (Å²) >= 11 is 0. The molecule has 7 nitrogen and oxygen atoms in total. The summed E-state index contributed by atoms with van der Waals surface area (Å²) in [5.41, 5.74) is 1.98. The fourth-order valence-electron chi connectivity index (χ4n) is 2.86. The second-order valence-corrected chi connectivity index (χ2v) is 7.80. The zero-order valence-corrected chi connectivity index (χ0v) is 18.4. The highest BCUT2D eigenvalue weighted by Gasteiger charge is 2.07. The zero-order chi connectivity index (χ0) is 22.8. The minimum atomic E-state index is -0.192. The van der Waals surface area contributed by atoms with Crippen molar-refractivity contribution in [2.75, 3.05) is 23.8 Å². The lowest BCUT2D eigenvalue weighted by Crippen LogP contribution is -2.23. The minimum absolute atomic E-state index is 0.108. The fraction of sp³-hybridized carbons (Fsp3) is 0.280. The van der Waals surface area contributed by atoms with Crippen LogP contribution in [0.1, 0.15) is 36.4 Å². The van der Waals surface area contributed by atoms with Crippen LogP contribution in [0.5, 0.6) is 5.75 Å². The molecule has 0 fully saturated rings. The first-order chi connectivity index (χ1) is 15.5. The van der Waals surface area contributed by atoms with Crippen LogP contribution in [0.2, 0.25) is 0 Å². The number of ether oxygens (including phenoxy) is 1. The van der Waals surface area contributed by atoms with Crippen LogP contribution in [0.15, 0.2) is 71.3 Å². The second kappa shape index (κ2) is 11.6. The Morgan fingerprint density at radius 3 is 2.34 bits per heavy atom. The van der Waals surface area contributed by atoms with Gasteiger partial charge in [-0.05, 0) is 73.0 Å². The third-order valence-electron chi connectivity index (χ3n) is 4.71. The summed E-state index contributed by atoms with van der Waals surface area (Å²) in [4.78, 5) is 24.4. The van der Waals surface area contributed by atoms with Gasteiger partial charge in [0.15, 0.2) is 0 Å². The van der Waals surface area contributed by atoms with Crippen LogP contribution in [0.4, 0.5) is 11.4 Å². The Morgan fingerprint density at radius 1 is 0.969 bits per heavy atom. The molecule has 2 aromatic carbocycles. The van der Waals surface area contributed by atoms with E-state index in [0.717, 1.165) is 17.9 Å². The first-order valence-electron chi connectivity index (χ1n) is 10.7. The lowest BCUT2D eigenvalue weighted by molar-refractivity contribution is -0.114. The van der Waals surface area contributed by atoms with Gasteiger partial charge in [-0.1, -0.05) is 13.8 Å². The van der Waals surface area contributed by atoms with Crippen molar-refractivity contribution < 1.29 is 18.7 Å². The molecule has 2 amide bonds. The van der Waals surface area contributed by atoms with Crippen LogP contribution in [-0.4, -0.2) is 25.0 Å². The van der Waals surface area contributed by atoms with Crippen molar-refractivity contribution >= 4 is 23.2 Å². The van der Waals surface area contributed by atoms with E-state index in [1.807, 2.05) is 24.3 Å². The molecule has 0 aliphatic carbocycles. The van der Waals surface area contributed by atoms with Crippen molar-refractivity contribution in [3.05, 3.63) is 78.3 Å². The van der Waals surface area contributed by atoms with E-state index in [0.29, 0.717) is 36.1 Å². The van der Waals surface area contributed by atoms with Gasteiger partial charge in [0.25, 0.3) is 5.91 Å². The van der Waals surface area contributed by atoms with Crippen molar-refractivity contribution in [3.8, 4) is 5.75 Å². The van der Waals surface area contributed by atoms with Crippen molar-refractivity contribution in [1.29, 1.82) is 0 Å². The fourth-order valence-corrected chi connectivity index (χ4v) is 2.86. The number of benzene rings is 2. The standard InChI is InChI=1S/C25H29N3O4/c1-18(2)13-15-32-22-11-9-21(10-12-22)28-24(29)17-26-20-7-5-19(6-8-20)25(30)27-16-23-4-3-14-31-23/h3-12,14,18,26H,13,15-17H2,1-2H3,(H,27,30)(H,28,29). The number of furan rings is 1. The molecule has 0 saturated carbocycles. The van der Waals surface area contributed by atoms with E-state index in [-0.39, 0.29) is 18.4 Å². The maximum absolute atomic E-state index is 12.2. The summed E-state index contributed by atoms with van der Waals surface area (Å²) in [5, 5.41) is 8.69. The van der Waals surface area contributed by atoms with Crippen LogP contribution in [0.3, 0.4) is 0 Å². The summed E-state index contributed by atoms with van der Waals surface area (Å²) < 4.78 is 10.9. The molecule has 0 radical (unpaired) electrons. The molecule has 1 heterocycles. The van der Waals surface area contributed by atoms with E-state index in [1.165, 1.54) is 0 Å². The van der Waals surface area contributed by atoms with Crippen molar-refractivity contribution in [2.24, 2.45) is 5.92 Å². The van der Waals surface area contributed by atoms with Gasteiger partial charge in [0.05, 0.1) is 26.0 Å². The molecular weight excluding hydrogens is 406 g/mol. The number of amides is 2. The highest BCUT2D eigenvalue weighted by atomic mass is 16.5. The predicted octanol–water partition coefficient (Wildman–Crippen LogP) is 4.69. The average molecular weight is 436 g/mol. The average Bonchev–Trinajstić information content (AvgIpc) is 3.31. The smallest absolute Gasteiger partial charge is 0.251 e. The van der Waals surface area contributed by atoms with Crippen LogP contribution >= 0.6 is 0 Å². The molecule has 7 heteroatoms. The molecule has 0 aliphatic rings. The summed E-state index contributed by atoms with van der Waals surface area (Å²) in [5.74, 6) is 1.72. The molecule has 0 atom stereocenters. The van der Waals surface area contributed by atoms with Gasteiger partial charge in [-0.2, -0.15) is 0 Å². The predicted molar refractivity (Wildman–Crippen MR) is 125 cm³/mol. The van der Waals surface area contributed by atoms with Crippen LogP contribution in [-0.2, 0) is 11.3 Å². The van der Waals surface area contributed by atoms with Gasteiger partial charge in [0.1, 0.15) is 11.5 Å². The van der Waals surface area contributed by atoms with Gasteiger partial charge < -0.3 is 25.1 Å². The number of carbonyl (C=O) groups excluding carboxylic acids is 2. The third-order valence-corrected chi connectivity index (χ3v) is 4.71. The number of hydrogen-bond donors (Lipinski definition) is 3. The van der Waals surface area contributed by atoms with E-state index < -0.39 is 0 Å². The lowest BCUT2D eigenvalue weighted by Gasteiger charge is -2.10. The van der Waals surface area contributed by atoms with Crippen molar-refractivity contribution in [2.45, 2.75) is 26.8 Å². The summed E-state index contributed by atoms with van der Waals surface area (Å²) in [6.45, 7) is 5.43. The molecule has 32 heavy (non-hydrogen) atoms. The maximum atomic E-state index is 12.2. The second-order valence-electron chi connectivity index (χ2n) is 7.80. The van der Waals surface area contributed by atoms with Gasteiger partial charge in [-0.3, -0.25) is 9.59 Å². The third kappa shape index (κ3) is 7.50. The van der Waals surface area contributed by atoms with E-state index >= 15 is 0 Å². The van der Waals surface area contributed by atoms with E-state index in [1.54, 1.807) is 42.7 Å². The number of nitrogens with one attached hydrogen (secondary N) is 3. The molecule has 168 valence electrons. The molecule has 3 N–H and O–H groups in total. The van der Waals surface area contributed by atoms with Crippen LogP contribution in [0, 0.1) is 5.92 Å². The lowest BCUT2D eigenvalue weighted by atomic mass is 10.1. The van der Waals surface area contributed by atoms with Crippen molar-refractivity contribution in [1.82, 2.24) is 5.32 Å². The topological polar surface area (TPSA) is 92.6 Å². The minimum Gasteiger partial charge on any atom is -0.494 e. The van der Waals surface area contributed by atoms with Crippen molar-refractivity contribution in [3.63, 3.8) is 0 Å². The molecule has 0 unspecified atom stereocenters. The Hall–Kier alpha value is -3.74. The van der Waals surface area contributed by atoms with Crippen LogP contribution in [0.25, 0.3) is 0 Å². The Kier molecular flexibility index (Phi) is 8.31. The van der Waals surface area contributed by atoms with Gasteiger partial charge in [-0.15, -0.1) is 0 Å². The zero-order valence-electron chi connectivity index (χ0n) is 18.4. The molecule has 0 saturated heterocycles. The molecule has 1 aromatic heterocycles. The highest BCUT2D eigenvalue weighted by molar-refractivity contribution is 5.95. The molecular formula is C25H29N3O4. The number of rotatable bonds is 11. The molecule has 3 rings (SSSR count). The summed E-state index contributed by atoms with van der Waals surface area (Å²) in [6, 6.07) is 17.8. The van der Waals surface area contributed by atoms with Gasteiger partial charge in [0, 0.05) is 16.9 Å². The molecule has 0 spiro atoms. The number of hydrogen-bond acceptors (Lipinski definition) is 5. The molecule has 0 bridgehead atoms. The number of carbonyl (C=O) groups is 2. The Morgan fingerprint density at radius 2 is 1.69 bits per heavy atom. The first kappa shape index (κ1) is 22.9. The maximum Gasteiger partial charge on any atom is 0.251 e. The molecule has 0 aliphatic heterocycles. The summed E-state index contributed by atoms with van der Waals surface area (Å²) in [6.07, 6.45) is 2.57.